The summed E-state index contributed by atoms with van der Waals surface area (Å²) in [5, 5.41) is 14.0. The summed E-state index contributed by atoms with van der Waals surface area (Å²) in [5.41, 5.74) is 0. The molecular weight excluding hydrogens is 302 g/mol. The highest BCUT2D eigenvalue weighted by Crippen LogP contribution is 2.21. The maximum Gasteiger partial charge on any atom is 0.233 e. The summed E-state index contributed by atoms with van der Waals surface area (Å²) in [6.07, 6.45) is 1.27. The van der Waals surface area contributed by atoms with Crippen LogP contribution in [0, 0.1) is 11.3 Å². The van der Waals surface area contributed by atoms with E-state index in [1.807, 2.05) is 12.1 Å². The van der Waals surface area contributed by atoms with Crippen molar-refractivity contribution in [1.82, 2.24) is 10.6 Å². The van der Waals surface area contributed by atoms with Gasteiger partial charge in [0.25, 0.3) is 0 Å². The molecule has 0 saturated carbocycles. The molecule has 17 heavy (non-hydrogen) atoms. The summed E-state index contributed by atoms with van der Waals surface area (Å²) < 4.78 is 1.13. The lowest BCUT2D eigenvalue weighted by Crippen LogP contribution is -2.35. The fourth-order valence-electron chi connectivity index (χ4n) is 1.22. The molecule has 0 aromatic carbocycles. The molecule has 1 heterocycles. The maximum atomic E-state index is 11.2. The standard InChI is InChI=1S/C11H14BrN3OS/c12-10-3-2-9(17-10)4-7-14-8-11(16)15-6-1-5-13/h2-3,14H,1,4,6-8H2,(H,15,16). The van der Waals surface area contributed by atoms with Crippen LogP contribution in [0.5, 0.6) is 0 Å². The van der Waals surface area contributed by atoms with Gasteiger partial charge in [0.1, 0.15) is 0 Å². The summed E-state index contributed by atoms with van der Waals surface area (Å²) in [6, 6.07) is 6.07. The second kappa shape index (κ2) is 8.23. The Labute approximate surface area is 113 Å². The molecule has 0 bridgehead atoms. The fraction of sp³-hybridized carbons (Fsp3) is 0.455. The molecule has 0 fully saturated rings. The molecule has 0 atom stereocenters. The van der Waals surface area contributed by atoms with Crippen LogP contribution < -0.4 is 10.6 Å². The molecule has 0 aliphatic rings. The Balaban J connectivity index is 2.04. The van der Waals surface area contributed by atoms with Crippen molar-refractivity contribution < 1.29 is 4.79 Å². The SMILES string of the molecule is N#CCCNC(=O)CNCCc1ccc(Br)s1. The van der Waals surface area contributed by atoms with Crippen LogP contribution in [0.15, 0.2) is 15.9 Å². The summed E-state index contributed by atoms with van der Waals surface area (Å²) in [5.74, 6) is -0.0624. The lowest BCUT2D eigenvalue weighted by Gasteiger charge is -2.04. The smallest absolute Gasteiger partial charge is 0.233 e. The third-order valence-electron chi connectivity index (χ3n) is 2.02. The topological polar surface area (TPSA) is 64.9 Å². The number of nitrogens with zero attached hydrogens (tertiary/aromatic N) is 1. The average Bonchev–Trinajstić information content (AvgIpc) is 2.71. The van der Waals surface area contributed by atoms with Crippen LogP contribution in [-0.4, -0.2) is 25.5 Å². The Kier molecular flexibility index (Phi) is 6.86. The van der Waals surface area contributed by atoms with E-state index in [-0.39, 0.29) is 5.91 Å². The van der Waals surface area contributed by atoms with E-state index in [1.165, 1.54) is 4.88 Å². The average molecular weight is 316 g/mol. The zero-order valence-corrected chi connectivity index (χ0v) is 11.7. The third kappa shape index (κ3) is 6.41. The van der Waals surface area contributed by atoms with Gasteiger partial charge in [0.05, 0.1) is 22.8 Å². The minimum absolute atomic E-state index is 0.0624. The fourth-order valence-corrected chi connectivity index (χ4v) is 2.70. The van der Waals surface area contributed by atoms with Crippen molar-refractivity contribution in [3.63, 3.8) is 0 Å². The Morgan fingerprint density at radius 2 is 2.29 bits per heavy atom. The molecule has 1 amide bonds. The van der Waals surface area contributed by atoms with Gasteiger partial charge in [-0.3, -0.25) is 4.79 Å². The Morgan fingerprint density at radius 1 is 1.47 bits per heavy atom. The molecular formula is C11H14BrN3OS. The number of hydrogen-bond donors (Lipinski definition) is 2. The minimum atomic E-state index is -0.0624. The number of carbonyl (C=O) groups excluding carboxylic acids is 1. The van der Waals surface area contributed by atoms with Gasteiger partial charge < -0.3 is 10.6 Å². The molecule has 0 spiro atoms. The van der Waals surface area contributed by atoms with E-state index in [1.54, 1.807) is 11.3 Å². The first-order chi connectivity index (χ1) is 8.22. The molecule has 0 aliphatic heterocycles. The number of carbonyl (C=O) groups is 1. The van der Waals surface area contributed by atoms with Gasteiger partial charge in [0.15, 0.2) is 0 Å². The quantitative estimate of drug-likeness (QED) is 0.752. The first kappa shape index (κ1) is 14.2. The first-order valence-electron chi connectivity index (χ1n) is 5.31. The number of thiophene rings is 1. The van der Waals surface area contributed by atoms with Crippen LogP contribution in [0.3, 0.4) is 0 Å². The van der Waals surface area contributed by atoms with E-state index in [9.17, 15) is 4.79 Å². The molecule has 6 heteroatoms. The van der Waals surface area contributed by atoms with Gasteiger partial charge in [0, 0.05) is 18.0 Å². The molecule has 1 aromatic heterocycles. The predicted molar refractivity (Wildman–Crippen MR) is 71.8 cm³/mol. The van der Waals surface area contributed by atoms with Crippen LogP contribution in [0.2, 0.25) is 0 Å². The van der Waals surface area contributed by atoms with Crippen LogP contribution in [0.1, 0.15) is 11.3 Å². The van der Waals surface area contributed by atoms with Crippen molar-refractivity contribution >= 4 is 33.2 Å². The third-order valence-corrected chi connectivity index (χ3v) is 3.70. The second-order valence-electron chi connectivity index (χ2n) is 3.39. The molecule has 0 unspecified atom stereocenters. The van der Waals surface area contributed by atoms with Crippen molar-refractivity contribution in [3.8, 4) is 6.07 Å². The summed E-state index contributed by atoms with van der Waals surface area (Å²) >= 11 is 5.11. The molecule has 4 nitrogen and oxygen atoms in total. The summed E-state index contributed by atoms with van der Waals surface area (Å²) in [6.45, 7) is 1.51. The van der Waals surface area contributed by atoms with Gasteiger partial charge >= 0.3 is 0 Å². The van der Waals surface area contributed by atoms with E-state index in [2.05, 4.69) is 32.6 Å². The lowest BCUT2D eigenvalue weighted by molar-refractivity contribution is -0.120. The van der Waals surface area contributed by atoms with Gasteiger partial charge in [0.2, 0.25) is 5.91 Å². The number of rotatable bonds is 7. The normalized spacial score (nSPS) is 9.88. The lowest BCUT2D eigenvalue weighted by atomic mass is 10.3. The van der Waals surface area contributed by atoms with Crippen molar-refractivity contribution in [2.45, 2.75) is 12.8 Å². The Bertz CT molecular complexity index is 400. The van der Waals surface area contributed by atoms with E-state index in [0.717, 1.165) is 16.8 Å². The van der Waals surface area contributed by atoms with Gasteiger partial charge in [-0.1, -0.05) is 0 Å². The van der Waals surface area contributed by atoms with Crippen molar-refractivity contribution in [3.05, 3.63) is 20.8 Å². The van der Waals surface area contributed by atoms with Crippen LogP contribution >= 0.6 is 27.3 Å². The van der Waals surface area contributed by atoms with Gasteiger partial charge in [-0.2, -0.15) is 5.26 Å². The molecule has 0 saturated heterocycles. The summed E-state index contributed by atoms with van der Waals surface area (Å²) in [7, 11) is 0. The van der Waals surface area contributed by atoms with E-state index < -0.39 is 0 Å². The highest BCUT2D eigenvalue weighted by Gasteiger charge is 2.00. The number of halogens is 1. The molecule has 1 rings (SSSR count). The van der Waals surface area contributed by atoms with Crippen LogP contribution in [-0.2, 0) is 11.2 Å². The minimum Gasteiger partial charge on any atom is -0.354 e. The zero-order chi connectivity index (χ0) is 12.5. The Morgan fingerprint density at radius 3 is 2.94 bits per heavy atom. The molecule has 2 N–H and O–H groups in total. The molecule has 92 valence electrons. The number of nitrogens with one attached hydrogen (secondary N) is 2. The highest BCUT2D eigenvalue weighted by molar-refractivity contribution is 9.11. The monoisotopic (exact) mass is 315 g/mol. The van der Waals surface area contributed by atoms with Crippen molar-refractivity contribution in [2.75, 3.05) is 19.6 Å². The van der Waals surface area contributed by atoms with E-state index in [0.29, 0.717) is 19.5 Å². The second-order valence-corrected chi connectivity index (χ2v) is 5.94. The van der Waals surface area contributed by atoms with E-state index >= 15 is 0 Å². The number of amides is 1. The van der Waals surface area contributed by atoms with Gasteiger partial charge in [-0.15, -0.1) is 11.3 Å². The van der Waals surface area contributed by atoms with Gasteiger partial charge in [-0.25, -0.2) is 0 Å². The Hall–Kier alpha value is -0.900. The predicted octanol–water partition coefficient (Wildman–Crippen LogP) is 1.67. The largest absolute Gasteiger partial charge is 0.354 e. The van der Waals surface area contributed by atoms with Crippen molar-refractivity contribution in [1.29, 1.82) is 5.26 Å². The van der Waals surface area contributed by atoms with Crippen molar-refractivity contribution in [2.24, 2.45) is 0 Å². The highest BCUT2D eigenvalue weighted by atomic mass is 79.9. The summed E-state index contributed by atoms with van der Waals surface area (Å²) in [4.78, 5) is 12.5. The van der Waals surface area contributed by atoms with Crippen LogP contribution in [0.25, 0.3) is 0 Å². The number of nitriles is 1. The number of hydrogen-bond acceptors (Lipinski definition) is 4. The van der Waals surface area contributed by atoms with Crippen LogP contribution in [0.4, 0.5) is 0 Å². The van der Waals surface area contributed by atoms with E-state index in [4.69, 9.17) is 5.26 Å². The maximum absolute atomic E-state index is 11.2. The molecule has 0 aliphatic carbocycles. The zero-order valence-electron chi connectivity index (χ0n) is 9.33. The molecule has 0 radical (unpaired) electrons. The molecule has 1 aromatic rings. The van der Waals surface area contributed by atoms with Gasteiger partial charge in [-0.05, 0) is 34.5 Å². The first-order valence-corrected chi connectivity index (χ1v) is 6.92.